The summed E-state index contributed by atoms with van der Waals surface area (Å²) in [6.07, 6.45) is 2.04. The number of hydrogen-bond donors (Lipinski definition) is 3. The molecule has 5 nitrogen and oxygen atoms in total. The van der Waals surface area contributed by atoms with Crippen LogP contribution in [0.3, 0.4) is 0 Å². The van der Waals surface area contributed by atoms with E-state index in [9.17, 15) is 19.1 Å². The number of aromatic carboxylic acids is 1. The summed E-state index contributed by atoms with van der Waals surface area (Å²) in [5, 5.41) is 12.6. The van der Waals surface area contributed by atoms with Crippen LogP contribution in [-0.2, 0) is 12.8 Å². The third-order valence-electron chi connectivity index (χ3n) is 4.31. The zero-order chi connectivity index (χ0) is 17.3. The van der Waals surface area contributed by atoms with Gasteiger partial charge in [-0.1, -0.05) is 6.07 Å². The van der Waals surface area contributed by atoms with Crippen molar-refractivity contribution in [2.45, 2.75) is 25.3 Å². The van der Waals surface area contributed by atoms with Gasteiger partial charge in [-0.15, -0.1) is 0 Å². The molecule has 0 heterocycles. The summed E-state index contributed by atoms with van der Waals surface area (Å²) in [4.78, 5) is 23.2. The number of carbonyl (C=O) groups excluding carboxylic acids is 1. The molecule has 1 atom stereocenters. The van der Waals surface area contributed by atoms with Crippen molar-refractivity contribution >= 4 is 17.6 Å². The minimum Gasteiger partial charge on any atom is -0.478 e. The number of carboxylic acid groups (broad SMARTS) is 1. The molecule has 2 aromatic rings. The lowest BCUT2D eigenvalue weighted by molar-refractivity contribution is 0.0691. The highest BCUT2D eigenvalue weighted by atomic mass is 19.1. The predicted molar refractivity (Wildman–Crippen MR) is 87.8 cm³/mol. The van der Waals surface area contributed by atoms with Crippen LogP contribution in [0.4, 0.5) is 10.1 Å². The lowest BCUT2D eigenvalue weighted by Crippen LogP contribution is -2.30. The van der Waals surface area contributed by atoms with E-state index < -0.39 is 11.9 Å². The van der Waals surface area contributed by atoms with E-state index in [2.05, 4.69) is 5.32 Å². The highest BCUT2D eigenvalue weighted by Crippen LogP contribution is 2.29. The Balaban J connectivity index is 1.91. The Morgan fingerprint density at radius 2 is 1.88 bits per heavy atom. The van der Waals surface area contributed by atoms with Crippen LogP contribution < -0.4 is 11.1 Å². The molecule has 0 spiro atoms. The van der Waals surface area contributed by atoms with Crippen molar-refractivity contribution in [3.8, 4) is 0 Å². The molecule has 124 valence electrons. The zero-order valence-electron chi connectivity index (χ0n) is 12.9. The Morgan fingerprint density at radius 1 is 1.17 bits per heavy atom. The van der Waals surface area contributed by atoms with Crippen molar-refractivity contribution in [2.75, 3.05) is 5.32 Å². The van der Waals surface area contributed by atoms with E-state index in [-0.39, 0.29) is 23.0 Å². The summed E-state index contributed by atoms with van der Waals surface area (Å²) in [5.74, 6) is -2.21. The SMILES string of the molecule is NC(=O)c1c(C(=O)O)ccc2c1CC(Nc1ccc(F)cc1)CC2. The van der Waals surface area contributed by atoms with Crippen LogP contribution >= 0.6 is 0 Å². The van der Waals surface area contributed by atoms with Gasteiger partial charge in [0.25, 0.3) is 0 Å². The maximum absolute atomic E-state index is 13.0. The van der Waals surface area contributed by atoms with Crippen LogP contribution in [-0.4, -0.2) is 23.0 Å². The molecule has 3 rings (SSSR count). The molecule has 0 saturated heterocycles. The van der Waals surface area contributed by atoms with E-state index in [0.29, 0.717) is 18.4 Å². The number of hydrogen-bond acceptors (Lipinski definition) is 3. The minimum absolute atomic E-state index is 0.0186. The van der Waals surface area contributed by atoms with E-state index in [0.717, 1.165) is 17.7 Å². The van der Waals surface area contributed by atoms with Gasteiger partial charge in [-0.3, -0.25) is 4.79 Å². The second-order valence-corrected chi connectivity index (χ2v) is 5.89. The maximum Gasteiger partial charge on any atom is 0.336 e. The Bertz CT molecular complexity index is 803. The monoisotopic (exact) mass is 328 g/mol. The Kier molecular flexibility index (Phi) is 4.20. The van der Waals surface area contributed by atoms with Crippen molar-refractivity contribution in [2.24, 2.45) is 5.73 Å². The number of nitrogens with one attached hydrogen (secondary N) is 1. The molecule has 0 aliphatic heterocycles. The molecule has 0 fully saturated rings. The lowest BCUT2D eigenvalue weighted by Gasteiger charge is -2.28. The van der Waals surface area contributed by atoms with Crippen molar-refractivity contribution in [1.29, 1.82) is 0 Å². The van der Waals surface area contributed by atoms with Crippen LogP contribution in [0.1, 0.15) is 38.3 Å². The first kappa shape index (κ1) is 16.0. The molecular weight excluding hydrogens is 311 g/mol. The average Bonchev–Trinajstić information content (AvgIpc) is 2.55. The molecule has 24 heavy (non-hydrogen) atoms. The number of nitrogens with two attached hydrogens (primary N) is 1. The van der Waals surface area contributed by atoms with Gasteiger partial charge in [0.1, 0.15) is 5.82 Å². The lowest BCUT2D eigenvalue weighted by atomic mass is 9.83. The molecule has 6 heteroatoms. The number of halogens is 1. The molecular formula is C18H17FN2O3. The Morgan fingerprint density at radius 3 is 2.50 bits per heavy atom. The minimum atomic E-state index is -1.17. The number of fused-ring (bicyclic) bond motifs is 1. The van der Waals surface area contributed by atoms with Gasteiger partial charge in [0.2, 0.25) is 5.91 Å². The number of carbonyl (C=O) groups is 2. The number of primary amides is 1. The molecule has 4 N–H and O–H groups in total. The van der Waals surface area contributed by atoms with Gasteiger partial charge in [-0.05, 0) is 60.7 Å². The molecule has 1 amide bonds. The van der Waals surface area contributed by atoms with Gasteiger partial charge in [0, 0.05) is 11.7 Å². The van der Waals surface area contributed by atoms with E-state index >= 15 is 0 Å². The van der Waals surface area contributed by atoms with Crippen LogP contribution in [0.2, 0.25) is 0 Å². The van der Waals surface area contributed by atoms with E-state index in [4.69, 9.17) is 5.73 Å². The highest BCUT2D eigenvalue weighted by molar-refractivity contribution is 6.05. The van der Waals surface area contributed by atoms with Crippen LogP contribution in [0.25, 0.3) is 0 Å². The largest absolute Gasteiger partial charge is 0.478 e. The van der Waals surface area contributed by atoms with Gasteiger partial charge >= 0.3 is 5.97 Å². The molecule has 0 saturated carbocycles. The number of carboxylic acids is 1. The number of anilines is 1. The summed E-state index contributed by atoms with van der Waals surface area (Å²) in [7, 11) is 0. The van der Waals surface area contributed by atoms with E-state index in [1.54, 1.807) is 18.2 Å². The van der Waals surface area contributed by atoms with Crippen molar-refractivity contribution in [1.82, 2.24) is 0 Å². The van der Waals surface area contributed by atoms with Crippen molar-refractivity contribution in [3.05, 3.63) is 64.5 Å². The molecule has 1 aliphatic rings. The predicted octanol–water partition coefficient (Wildman–Crippen LogP) is 2.59. The Labute approximate surface area is 138 Å². The molecule has 2 aromatic carbocycles. The fourth-order valence-electron chi connectivity index (χ4n) is 3.20. The third-order valence-corrected chi connectivity index (χ3v) is 4.31. The standard InChI is InChI=1S/C18H17FN2O3/c19-11-3-6-12(7-4-11)21-13-5-1-10-2-8-14(18(23)24)16(17(20)22)15(10)9-13/h2-4,6-8,13,21H,1,5,9H2,(H2,20,22)(H,23,24). The van der Waals surface area contributed by atoms with Gasteiger partial charge in [-0.2, -0.15) is 0 Å². The van der Waals surface area contributed by atoms with Gasteiger partial charge in [0.15, 0.2) is 0 Å². The van der Waals surface area contributed by atoms with E-state index in [1.165, 1.54) is 18.2 Å². The summed E-state index contributed by atoms with van der Waals surface area (Å²) in [6.45, 7) is 0. The summed E-state index contributed by atoms with van der Waals surface area (Å²) >= 11 is 0. The number of aryl methyl sites for hydroxylation is 1. The first-order valence-corrected chi connectivity index (χ1v) is 7.65. The number of rotatable bonds is 4. The average molecular weight is 328 g/mol. The van der Waals surface area contributed by atoms with Crippen molar-refractivity contribution in [3.63, 3.8) is 0 Å². The molecule has 0 aromatic heterocycles. The molecule has 0 bridgehead atoms. The fraction of sp³-hybridized carbons (Fsp3) is 0.222. The summed E-state index contributed by atoms with van der Waals surface area (Å²) < 4.78 is 13.0. The Hall–Kier alpha value is -2.89. The smallest absolute Gasteiger partial charge is 0.336 e. The van der Waals surface area contributed by atoms with Crippen molar-refractivity contribution < 1.29 is 19.1 Å². The molecule has 1 aliphatic carbocycles. The first-order chi connectivity index (χ1) is 11.5. The third kappa shape index (κ3) is 3.08. The second kappa shape index (κ2) is 6.31. The maximum atomic E-state index is 13.0. The van der Waals surface area contributed by atoms with Gasteiger partial charge in [-0.25, -0.2) is 9.18 Å². The van der Waals surface area contributed by atoms with Crippen LogP contribution in [0, 0.1) is 5.82 Å². The number of benzene rings is 2. The first-order valence-electron chi connectivity index (χ1n) is 7.65. The van der Waals surface area contributed by atoms with Gasteiger partial charge in [0.05, 0.1) is 11.1 Å². The van der Waals surface area contributed by atoms with Gasteiger partial charge < -0.3 is 16.2 Å². The second-order valence-electron chi connectivity index (χ2n) is 5.89. The topological polar surface area (TPSA) is 92.4 Å². The summed E-state index contributed by atoms with van der Waals surface area (Å²) in [6, 6.07) is 9.24. The molecule has 1 unspecified atom stereocenters. The zero-order valence-corrected chi connectivity index (χ0v) is 12.9. The fourth-order valence-corrected chi connectivity index (χ4v) is 3.20. The number of amides is 1. The van der Waals surface area contributed by atoms with E-state index in [1.807, 2.05) is 0 Å². The summed E-state index contributed by atoms with van der Waals surface area (Å²) in [5.41, 5.74) is 7.87. The van der Waals surface area contributed by atoms with Crippen LogP contribution in [0.5, 0.6) is 0 Å². The highest BCUT2D eigenvalue weighted by Gasteiger charge is 2.26. The van der Waals surface area contributed by atoms with Crippen LogP contribution in [0.15, 0.2) is 36.4 Å². The quantitative estimate of drug-likeness (QED) is 0.804. The molecule has 0 radical (unpaired) electrons. The normalized spacial score (nSPS) is 16.3.